The van der Waals surface area contributed by atoms with Crippen LogP contribution in [0.5, 0.6) is 0 Å². The number of halogens is 2. The van der Waals surface area contributed by atoms with E-state index in [2.05, 4.69) is 26.2 Å². The first-order chi connectivity index (χ1) is 10.2. The third-order valence-electron chi connectivity index (χ3n) is 3.34. The van der Waals surface area contributed by atoms with Crippen LogP contribution in [0.25, 0.3) is 4.96 Å². The minimum absolute atomic E-state index is 0.0762. The van der Waals surface area contributed by atoms with E-state index in [-0.39, 0.29) is 11.9 Å². The highest BCUT2D eigenvalue weighted by molar-refractivity contribution is 9.10. The van der Waals surface area contributed by atoms with E-state index in [0.29, 0.717) is 12.0 Å². The summed E-state index contributed by atoms with van der Waals surface area (Å²) < 4.78 is 16.9. The van der Waals surface area contributed by atoms with Gasteiger partial charge in [0.25, 0.3) is 0 Å². The smallest absolute Gasteiger partial charge is 0.193 e. The number of aromatic nitrogens is 2. The Balaban J connectivity index is 1.88. The maximum Gasteiger partial charge on any atom is 0.193 e. The van der Waals surface area contributed by atoms with Gasteiger partial charge in [0.15, 0.2) is 4.96 Å². The number of nitrogens with zero attached hydrogens (tertiary/aromatic N) is 2. The summed E-state index contributed by atoms with van der Waals surface area (Å²) in [5.41, 5.74) is 1.64. The van der Waals surface area contributed by atoms with Gasteiger partial charge in [-0.1, -0.05) is 28.9 Å². The van der Waals surface area contributed by atoms with Crippen LogP contribution in [0.2, 0.25) is 0 Å². The Kier molecular flexibility index (Phi) is 4.37. The molecule has 6 heteroatoms. The summed E-state index contributed by atoms with van der Waals surface area (Å²) in [4.78, 5) is 5.55. The van der Waals surface area contributed by atoms with E-state index in [1.165, 1.54) is 6.07 Å². The Bertz CT molecular complexity index is 724. The molecule has 1 aromatic carbocycles. The predicted octanol–water partition coefficient (Wildman–Crippen LogP) is 4.19. The van der Waals surface area contributed by atoms with Gasteiger partial charge in [0.2, 0.25) is 0 Å². The predicted molar refractivity (Wildman–Crippen MR) is 87.3 cm³/mol. The summed E-state index contributed by atoms with van der Waals surface area (Å²) in [6.07, 6.45) is 4.66. The van der Waals surface area contributed by atoms with Crippen LogP contribution in [-0.2, 0) is 6.42 Å². The number of benzene rings is 1. The zero-order chi connectivity index (χ0) is 14.8. The van der Waals surface area contributed by atoms with Crippen LogP contribution in [-0.4, -0.2) is 15.9 Å². The number of hydrogen-bond donors (Lipinski definition) is 1. The van der Waals surface area contributed by atoms with Gasteiger partial charge in [0, 0.05) is 40.3 Å². The van der Waals surface area contributed by atoms with Gasteiger partial charge in [0.05, 0.1) is 5.69 Å². The molecule has 1 atom stereocenters. The molecular weight excluding hydrogens is 353 g/mol. The van der Waals surface area contributed by atoms with Crippen LogP contribution in [0.15, 0.2) is 40.4 Å². The fraction of sp³-hybridized carbons (Fsp3) is 0.267. The molecule has 1 unspecified atom stereocenters. The van der Waals surface area contributed by atoms with Gasteiger partial charge in [-0.25, -0.2) is 9.37 Å². The number of imidazole rings is 1. The van der Waals surface area contributed by atoms with Crippen LogP contribution in [0.1, 0.15) is 24.2 Å². The van der Waals surface area contributed by atoms with Gasteiger partial charge in [-0.2, -0.15) is 0 Å². The first-order valence-electron chi connectivity index (χ1n) is 6.76. The number of nitrogens with one attached hydrogen (secondary N) is 1. The average molecular weight is 368 g/mol. The highest BCUT2D eigenvalue weighted by Gasteiger charge is 2.17. The third-order valence-corrected chi connectivity index (χ3v) is 4.61. The largest absolute Gasteiger partial charge is 0.310 e. The maximum atomic E-state index is 14.2. The van der Waals surface area contributed by atoms with E-state index in [9.17, 15) is 4.39 Å². The van der Waals surface area contributed by atoms with Crippen molar-refractivity contribution in [3.8, 4) is 0 Å². The second kappa shape index (κ2) is 6.25. The molecule has 0 aliphatic rings. The summed E-state index contributed by atoms with van der Waals surface area (Å²) in [6, 6.07) is 5.12. The molecule has 0 bridgehead atoms. The second-order valence-electron chi connectivity index (χ2n) is 4.81. The van der Waals surface area contributed by atoms with Crippen molar-refractivity contribution < 1.29 is 4.39 Å². The molecule has 0 aliphatic carbocycles. The molecule has 2 aromatic heterocycles. The highest BCUT2D eigenvalue weighted by Crippen LogP contribution is 2.24. The van der Waals surface area contributed by atoms with E-state index < -0.39 is 0 Å². The number of hydrogen-bond acceptors (Lipinski definition) is 3. The van der Waals surface area contributed by atoms with Crippen molar-refractivity contribution in [1.29, 1.82) is 0 Å². The number of thiazole rings is 1. The number of rotatable bonds is 5. The highest BCUT2D eigenvalue weighted by atomic mass is 79.9. The van der Waals surface area contributed by atoms with E-state index in [4.69, 9.17) is 0 Å². The van der Waals surface area contributed by atoms with Crippen LogP contribution in [0.4, 0.5) is 4.39 Å². The SMILES string of the molecule is CCNC(Cc1cn2ccsc2n1)c1ccc(Br)cc1F. The normalized spacial score (nSPS) is 12.9. The summed E-state index contributed by atoms with van der Waals surface area (Å²) in [5, 5.41) is 5.35. The van der Waals surface area contributed by atoms with E-state index in [1.54, 1.807) is 11.3 Å². The maximum absolute atomic E-state index is 14.2. The topological polar surface area (TPSA) is 29.3 Å². The molecule has 0 fully saturated rings. The Labute approximate surface area is 135 Å². The Morgan fingerprint density at radius 1 is 1.48 bits per heavy atom. The lowest BCUT2D eigenvalue weighted by molar-refractivity contribution is 0.506. The van der Waals surface area contributed by atoms with Crippen LogP contribution in [0.3, 0.4) is 0 Å². The zero-order valence-electron chi connectivity index (χ0n) is 11.5. The molecule has 110 valence electrons. The monoisotopic (exact) mass is 367 g/mol. The quantitative estimate of drug-likeness (QED) is 0.732. The second-order valence-corrected chi connectivity index (χ2v) is 6.59. The van der Waals surface area contributed by atoms with E-state index in [0.717, 1.165) is 21.7 Å². The Morgan fingerprint density at radius 3 is 3.05 bits per heavy atom. The lowest BCUT2D eigenvalue weighted by Gasteiger charge is -2.18. The molecule has 3 nitrogen and oxygen atoms in total. The minimum Gasteiger partial charge on any atom is -0.310 e. The molecule has 0 radical (unpaired) electrons. The molecule has 1 N–H and O–H groups in total. The molecule has 0 saturated carbocycles. The first kappa shape index (κ1) is 14.7. The fourth-order valence-corrected chi connectivity index (χ4v) is 3.46. The molecule has 0 amide bonds. The summed E-state index contributed by atoms with van der Waals surface area (Å²) >= 11 is 4.90. The van der Waals surface area contributed by atoms with Crippen molar-refractivity contribution in [2.24, 2.45) is 0 Å². The molecule has 3 rings (SSSR count). The molecular formula is C15H15BrFN3S. The molecule has 0 saturated heterocycles. The Morgan fingerprint density at radius 2 is 2.33 bits per heavy atom. The number of likely N-dealkylation sites (N-methyl/N-ethyl adjacent to an activating group) is 1. The molecule has 21 heavy (non-hydrogen) atoms. The molecule has 0 spiro atoms. The van der Waals surface area contributed by atoms with Crippen molar-refractivity contribution in [1.82, 2.24) is 14.7 Å². The summed E-state index contributed by atoms with van der Waals surface area (Å²) in [5.74, 6) is -0.198. The zero-order valence-corrected chi connectivity index (χ0v) is 13.9. The minimum atomic E-state index is -0.198. The van der Waals surface area contributed by atoms with Gasteiger partial charge in [-0.15, -0.1) is 11.3 Å². The van der Waals surface area contributed by atoms with Crippen LogP contribution >= 0.6 is 27.3 Å². The first-order valence-corrected chi connectivity index (χ1v) is 8.44. The van der Waals surface area contributed by atoms with Crippen LogP contribution in [0, 0.1) is 5.82 Å². The third kappa shape index (κ3) is 3.17. The van der Waals surface area contributed by atoms with Crippen molar-refractivity contribution >= 4 is 32.2 Å². The van der Waals surface area contributed by atoms with Crippen molar-refractivity contribution in [2.45, 2.75) is 19.4 Å². The van der Waals surface area contributed by atoms with Crippen molar-refractivity contribution in [3.63, 3.8) is 0 Å². The molecule has 3 aromatic rings. The van der Waals surface area contributed by atoms with Crippen molar-refractivity contribution in [3.05, 3.63) is 57.5 Å². The summed E-state index contributed by atoms with van der Waals surface area (Å²) in [7, 11) is 0. The standard InChI is InChI=1S/C15H15BrFN3S/c1-2-18-14(12-4-3-10(16)7-13(12)17)8-11-9-20-5-6-21-15(20)19-11/h3-7,9,14,18H,2,8H2,1H3. The Hall–Kier alpha value is -1.24. The van der Waals surface area contributed by atoms with E-state index >= 15 is 0 Å². The number of fused-ring (bicyclic) bond motifs is 1. The molecule has 0 aliphatic heterocycles. The average Bonchev–Trinajstić information content (AvgIpc) is 2.99. The van der Waals surface area contributed by atoms with Gasteiger partial charge in [0.1, 0.15) is 5.82 Å². The van der Waals surface area contributed by atoms with Gasteiger partial charge >= 0.3 is 0 Å². The lowest BCUT2D eigenvalue weighted by Crippen LogP contribution is -2.24. The van der Waals surface area contributed by atoms with Crippen LogP contribution < -0.4 is 5.32 Å². The lowest BCUT2D eigenvalue weighted by atomic mass is 10.0. The van der Waals surface area contributed by atoms with E-state index in [1.807, 2.05) is 41.2 Å². The van der Waals surface area contributed by atoms with Crippen molar-refractivity contribution in [2.75, 3.05) is 6.54 Å². The fourth-order valence-electron chi connectivity index (χ4n) is 2.41. The summed E-state index contributed by atoms with van der Waals surface area (Å²) in [6.45, 7) is 2.80. The van der Waals surface area contributed by atoms with Gasteiger partial charge in [-0.05, 0) is 18.7 Å². The van der Waals surface area contributed by atoms with Gasteiger partial charge < -0.3 is 5.32 Å². The van der Waals surface area contributed by atoms with Gasteiger partial charge in [-0.3, -0.25) is 4.40 Å². The molecule has 2 heterocycles.